The molecule has 2 rings (SSSR count). The Morgan fingerprint density at radius 3 is 2.64 bits per heavy atom. The minimum absolute atomic E-state index is 0.0723. The summed E-state index contributed by atoms with van der Waals surface area (Å²) >= 11 is 12.6. The van der Waals surface area contributed by atoms with Gasteiger partial charge in [0, 0.05) is 12.7 Å². The molecule has 0 spiro atoms. The maximum absolute atomic E-state index is 12.7. The van der Waals surface area contributed by atoms with Crippen LogP contribution in [0.25, 0.3) is 0 Å². The van der Waals surface area contributed by atoms with E-state index in [0.717, 1.165) is 0 Å². The molecule has 3 N–H and O–H groups in total. The summed E-state index contributed by atoms with van der Waals surface area (Å²) < 4.78 is 15.6. The molecular formula is C19H22Cl2N2O5. The summed E-state index contributed by atoms with van der Waals surface area (Å²) in [6.45, 7) is 2.57. The van der Waals surface area contributed by atoms with Gasteiger partial charge in [-0.2, -0.15) is 0 Å². The van der Waals surface area contributed by atoms with Crippen molar-refractivity contribution in [2.24, 2.45) is 5.73 Å². The summed E-state index contributed by atoms with van der Waals surface area (Å²) in [5.74, 6) is -2.05. The molecule has 1 heterocycles. The van der Waals surface area contributed by atoms with E-state index in [9.17, 15) is 9.59 Å². The fourth-order valence-electron chi connectivity index (χ4n) is 2.84. The third-order valence-corrected chi connectivity index (χ3v) is 4.88. The lowest BCUT2D eigenvalue weighted by Gasteiger charge is -2.29. The van der Waals surface area contributed by atoms with E-state index in [-0.39, 0.29) is 29.4 Å². The van der Waals surface area contributed by atoms with E-state index in [2.05, 4.69) is 5.32 Å². The van der Waals surface area contributed by atoms with E-state index in [0.29, 0.717) is 29.4 Å². The molecule has 0 bridgehead atoms. The first-order valence-corrected chi connectivity index (χ1v) is 9.38. The Balaban J connectivity index is 2.62. The molecule has 0 fully saturated rings. The van der Waals surface area contributed by atoms with Crippen LogP contribution in [0.1, 0.15) is 18.4 Å². The first-order chi connectivity index (χ1) is 13.5. The second-order valence-electron chi connectivity index (χ2n) is 5.77. The van der Waals surface area contributed by atoms with Gasteiger partial charge in [0.25, 0.3) is 0 Å². The van der Waals surface area contributed by atoms with Crippen LogP contribution in [0.3, 0.4) is 0 Å². The molecule has 0 aromatic heterocycles. The fraction of sp³-hybridized carbons (Fsp3) is 0.368. The van der Waals surface area contributed by atoms with Gasteiger partial charge in [0.05, 0.1) is 59.7 Å². The van der Waals surface area contributed by atoms with Crippen LogP contribution in [-0.4, -0.2) is 45.4 Å². The van der Waals surface area contributed by atoms with E-state index in [1.165, 1.54) is 13.3 Å². The van der Waals surface area contributed by atoms with Crippen LogP contribution in [0, 0.1) is 0 Å². The Morgan fingerprint density at radius 1 is 1.25 bits per heavy atom. The second-order valence-corrected chi connectivity index (χ2v) is 6.55. The zero-order valence-electron chi connectivity index (χ0n) is 15.6. The Kier molecular flexibility index (Phi) is 8.32. The molecule has 7 nitrogen and oxygen atoms in total. The standard InChI is InChI=1S/C19H22Cl2N2O5/c1-3-28-18(24)12-9-23-14(10-27-8-7-22)16(19(25)26-2)15(12)11-5-4-6-13(20)17(11)21/h4-6,9,15,23H,3,7-8,10,22H2,1-2H3/t15-/m0/s1. The predicted octanol–water partition coefficient (Wildman–Crippen LogP) is 2.53. The Bertz CT molecular complexity index is 808. The van der Waals surface area contributed by atoms with Gasteiger partial charge in [-0.25, -0.2) is 9.59 Å². The summed E-state index contributed by atoms with van der Waals surface area (Å²) in [6.07, 6.45) is 1.48. The smallest absolute Gasteiger partial charge is 0.336 e. The Morgan fingerprint density at radius 2 is 2.00 bits per heavy atom. The van der Waals surface area contributed by atoms with Crippen molar-refractivity contribution in [3.05, 3.63) is 56.9 Å². The molecular weight excluding hydrogens is 407 g/mol. The number of carbonyl (C=O) groups is 2. The van der Waals surface area contributed by atoms with Gasteiger partial charge in [0.2, 0.25) is 0 Å². The number of benzene rings is 1. The lowest BCUT2D eigenvalue weighted by Crippen LogP contribution is -2.32. The maximum atomic E-state index is 12.7. The number of nitrogens with two attached hydrogens (primary N) is 1. The van der Waals surface area contributed by atoms with Crippen molar-refractivity contribution in [1.29, 1.82) is 0 Å². The monoisotopic (exact) mass is 428 g/mol. The van der Waals surface area contributed by atoms with Crippen LogP contribution in [0.15, 0.2) is 41.2 Å². The zero-order valence-corrected chi connectivity index (χ0v) is 17.1. The highest BCUT2D eigenvalue weighted by molar-refractivity contribution is 6.42. The average molecular weight is 429 g/mol. The molecule has 0 unspecified atom stereocenters. The molecule has 1 aliphatic rings. The minimum atomic E-state index is -0.838. The average Bonchev–Trinajstić information content (AvgIpc) is 2.69. The minimum Gasteiger partial charge on any atom is -0.466 e. The third-order valence-electron chi connectivity index (χ3n) is 4.04. The van der Waals surface area contributed by atoms with Gasteiger partial charge in [-0.1, -0.05) is 35.3 Å². The van der Waals surface area contributed by atoms with Crippen LogP contribution in [0.4, 0.5) is 0 Å². The van der Waals surface area contributed by atoms with E-state index in [1.54, 1.807) is 25.1 Å². The second kappa shape index (κ2) is 10.5. The van der Waals surface area contributed by atoms with Crippen molar-refractivity contribution in [3.63, 3.8) is 0 Å². The van der Waals surface area contributed by atoms with Crippen molar-refractivity contribution in [2.45, 2.75) is 12.8 Å². The van der Waals surface area contributed by atoms with Gasteiger partial charge >= 0.3 is 11.9 Å². The maximum Gasteiger partial charge on any atom is 0.336 e. The van der Waals surface area contributed by atoms with Crippen LogP contribution >= 0.6 is 23.2 Å². The molecule has 0 radical (unpaired) electrons. The molecule has 0 aliphatic carbocycles. The number of dihydropyridines is 1. The molecule has 1 atom stereocenters. The fourth-order valence-corrected chi connectivity index (χ4v) is 3.26. The molecule has 1 aliphatic heterocycles. The van der Waals surface area contributed by atoms with Gasteiger partial charge in [-0.15, -0.1) is 0 Å². The largest absolute Gasteiger partial charge is 0.466 e. The summed E-state index contributed by atoms with van der Waals surface area (Å²) in [6, 6.07) is 5.00. The van der Waals surface area contributed by atoms with Crippen LogP contribution in [0.5, 0.6) is 0 Å². The van der Waals surface area contributed by atoms with Gasteiger partial charge in [-0.3, -0.25) is 0 Å². The topological polar surface area (TPSA) is 99.9 Å². The summed E-state index contributed by atoms with van der Waals surface area (Å²) in [7, 11) is 1.26. The number of carbonyl (C=O) groups excluding carboxylic acids is 2. The van der Waals surface area contributed by atoms with Crippen LogP contribution < -0.4 is 11.1 Å². The number of methoxy groups -OCH3 is 1. The van der Waals surface area contributed by atoms with Crippen molar-refractivity contribution >= 4 is 35.1 Å². The lowest BCUT2D eigenvalue weighted by molar-refractivity contribution is -0.139. The first kappa shape index (κ1) is 22.2. The molecule has 0 amide bonds. The van der Waals surface area contributed by atoms with Crippen LogP contribution in [-0.2, 0) is 23.8 Å². The molecule has 0 saturated heterocycles. The molecule has 9 heteroatoms. The van der Waals surface area contributed by atoms with Crippen molar-refractivity contribution in [2.75, 3.05) is 33.5 Å². The highest BCUT2D eigenvalue weighted by Crippen LogP contribution is 2.42. The first-order valence-electron chi connectivity index (χ1n) is 8.63. The molecule has 1 aromatic rings. The van der Waals surface area contributed by atoms with Crippen molar-refractivity contribution in [1.82, 2.24) is 5.32 Å². The highest BCUT2D eigenvalue weighted by Gasteiger charge is 2.38. The molecule has 0 saturated carbocycles. The zero-order chi connectivity index (χ0) is 20.7. The van der Waals surface area contributed by atoms with E-state index in [1.807, 2.05) is 0 Å². The highest BCUT2D eigenvalue weighted by atomic mass is 35.5. The Hall–Kier alpha value is -2.06. The Labute approximate surface area is 173 Å². The molecule has 1 aromatic carbocycles. The van der Waals surface area contributed by atoms with E-state index < -0.39 is 17.9 Å². The SMILES string of the molecule is CCOC(=O)C1=CNC(COCCN)=C(C(=O)OC)[C@H]1c1cccc(Cl)c1Cl. The van der Waals surface area contributed by atoms with Crippen molar-refractivity contribution < 1.29 is 23.8 Å². The van der Waals surface area contributed by atoms with Gasteiger partial charge < -0.3 is 25.3 Å². The lowest BCUT2D eigenvalue weighted by atomic mass is 9.82. The number of nitrogens with one attached hydrogen (secondary N) is 1. The van der Waals surface area contributed by atoms with E-state index >= 15 is 0 Å². The van der Waals surface area contributed by atoms with E-state index in [4.69, 9.17) is 43.1 Å². The number of ether oxygens (including phenoxy) is 3. The number of hydrogen-bond donors (Lipinski definition) is 2. The quantitative estimate of drug-likeness (QED) is 0.484. The number of rotatable bonds is 8. The number of halogens is 2. The normalized spacial score (nSPS) is 16.3. The number of esters is 2. The van der Waals surface area contributed by atoms with Crippen LogP contribution in [0.2, 0.25) is 10.0 Å². The summed E-state index contributed by atoms with van der Waals surface area (Å²) in [5.41, 5.74) is 6.77. The van der Waals surface area contributed by atoms with Gasteiger partial charge in [-0.05, 0) is 18.6 Å². The van der Waals surface area contributed by atoms with Gasteiger partial charge in [0.1, 0.15) is 0 Å². The summed E-state index contributed by atoms with van der Waals surface area (Å²) in [4.78, 5) is 25.2. The molecule has 28 heavy (non-hydrogen) atoms. The third kappa shape index (κ3) is 4.86. The number of hydrogen-bond acceptors (Lipinski definition) is 7. The summed E-state index contributed by atoms with van der Waals surface area (Å²) in [5, 5.41) is 3.47. The predicted molar refractivity (Wildman–Crippen MR) is 106 cm³/mol. The van der Waals surface area contributed by atoms with Gasteiger partial charge in [0.15, 0.2) is 0 Å². The molecule has 152 valence electrons. The van der Waals surface area contributed by atoms with Crippen molar-refractivity contribution in [3.8, 4) is 0 Å².